The number of carbonyl (C=O) groups is 3. The van der Waals surface area contributed by atoms with Crippen molar-refractivity contribution in [3.63, 3.8) is 0 Å². The molecule has 1 heterocycles. The number of fused-ring (bicyclic) bond motifs is 1. The van der Waals surface area contributed by atoms with Crippen molar-refractivity contribution in [2.75, 3.05) is 27.7 Å². The molecule has 2 aliphatic carbocycles. The highest BCUT2D eigenvalue weighted by atomic mass is 16.5. The molecule has 2 bridgehead atoms. The Balaban J connectivity index is 0.00000117. The van der Waals surface area contributed by atoms with Gasteiger partial charge < -0.3 is 15.6 Å². The number of ether oxygens (including phenoxy) is 1. The molecule has 1 saturated heterocycles. The fourth-order valence-corrected chi connectivity index (χ4v) is 5.61. The zero-order valence-corrected chi connectivity index (χ0v) is 17.1. The number of benzene rings is 1. The van der Waals surface area contributed by atoms with Crippen molar-refractivity contribution in [1.29, 1.82) is 0 Å². The SMILES string of the molecule is CN.COc1ccc2c(c1)C13CCN(C)C(C2=O)C1(O)CCC(C(=O)NC=O)C3. The van der Waals surface area contributed by atoms with E-state index in [1.54, 1.807) is 19.2 Å². The number of nitrogens with one attached hydrogen (secondary N) is 1. The number of aliphatic hydroxyl groups is 1. The Bertz CT molecular complexity index is 829. The summed E-state index contributed by atoms with van der Waals surface area (Å²) in [7, 11) is 4.93. The van der Waals surface area contributed by atoms with Crippen LogP contribution in [-0.4, -0.2) is 67.5 Å². The van der Waals surface area contributed by atoms with E-state index in [1.807, 2.05) is 18.0 Å². The van der Waals surface area contributed by atoms with Gasteiger partial charge in [-0.05, 0) is 70.1 Å². The van der Waals surface area contributed by atoms with Crippen LogP contribution in [-0.2, 0) is 15.0 Å². The van der Waals surface area contributed by atoms with E-state index in [0.29, 0.717) is 50.0 Å². The van der Waals surface area contributed by atoms with Gasteiger partial charge in [0.15, 0.2) is 5.78 Å². The fourth-order valence-electron chi connectivity index (χ4n) is 5.61. The number of nitrogens with two attached hydrogens (primary N) is 1. The molecule has 1 aromatic carbocycles. The highest BCUT2D eigenvalue weighted by Crippen LogP contribution is 2.59. The number of amides is 2. The number of nitrogens with zero attached hydrogens (tertiary/aromatic N) is 1. The van der Waals surface area contributed by atoms with Gasteiger partial charge >= 0.3 is 0 Å². The molecular formula is C21H29N3O5. The van der Waals surface area contributed by atoms with E-state index in [1.165, 1.54) is 7.05 Å². The van der Waals surface area contributed by atoms with Crippen LogP contribution in [0.15, 0.2) is 18.2 Å². The molecule has 2 fully saturated rings. The molecule has 4 rings (SSSR count). The maximum atomic E-state index is 13.2. The molecule has 158 valence electrons. The smallest absolute Gasteiger partial charge is 0.229 e. The standard InChI is InChI=1S/C20H24N2O5.CH5N/c1-22-8-7-19-10-12(18(25)21-11-23)5-6-20(19,26)17(22)16(24)14-4-3-13(27-2)9-15(14)19;1-2/h3-4,9,11-12,17,26H,5-8,10H2,1-2H3,(H,21,23,25);2H2,1H3. The van der Waals surface area contributed by atoms with Crippen molar-refractivity contribution < 1.29 is 24.2 Å². The predicted molar refractivity (Wildman–Crippen MR) is 107 cm³/mol. The molecule has 4 atom stereocenters. The second kappa shape index (κ2) is 7.85. The molecule has 29 heavy (non-hydrogen) atoms. The van der Waals surface area contributed by atoms with E-state index >= 15 is 0 Å². The van der Waals surface area contributed by atoms with Crippen molar-refractivity contribution in [3.05, 3.63) is 29.3 Å². The van der Waals surface area contributed by atoms with Crippen molar-refractivity contribution in [1.82, 2.24) is 10.2 Å². The summed E-state index contributed by atoms with van der Waals surface area (Å²) in [6.45, 7) is 0.650. The number of hydrogen-bond acceptors (Lipinski definition) is 7. The van der Waals surface area contributed by atoms with Crippen LogP contribution < -0.4 is 15.8 Å². The molecule has 2 amide bonds. The Morgan fingerprint density at radius 1 is 1.38 bits per heavy atom. The summed E-state index contributed by atoms with van der Waals surface area (Å²) < 4.78 is 5.37. The minimum Gasteiger partial charge on any atom is -0.497 e. The van der Waals surface area contributed by atoms with Gasteiger partial charge in [-0.1, -0.05) is 0 Å². The quantitative estimate of drug-likeness (QED) is 0.617. The minimum atomic E-state index is -1.24. The van der Waals surface area contributed by atoms with Gasteiger partial charge in [-0.3, -0.25) is 24.6 Å². The summed E-state index contributed by atoms with van der Waals surface area (Å²) in [6.07, 6.45) is 2.21. The summed E-state index contributed by atoms with van der Waals surface area (Å²) in [5, 5.41) is 14.1. The number of hydrogen-bond donors (Lipinski definition) is 3. The van der Waals surface area contributed by atoms with Crippen molar-refractivity contribution >= 4 is 18.1 Å². The summed E-state index contributed by atoms with van der Waals surface area (Å²) >= 11 is 0. The van der Waals surface area contributed by atoms with Crippen LogP contribution in [0.5, 0.6) is 5.75 Å². The van der Waals surface area contributed by atoms with Crippen molar-refractivity contribution in [2.24, 2.45) is 11.7 Å². The molecule has 1 saturated carbocycles. The molecule has 1 aliphatic heterocycles. The van der Waals surface area contributed by atoms with Crippen LogP contribution >= 0.6 is 0 Å². The largest absolute Gasteiger partial charge is 0.497 e. The lowest BCUT2D eigenvalue weighted by molar-refractivity contribution is -0.160. The second-order valence-electron chi connectivity index (χ2n) is 7.98. The van der Waals surface area contributed by atoms with Gasteiger partial charge in [0, 0.05) is 16.9 Å². The molecule has 0 aromatic heterocycles. The number of Topliss-reactive ketones (excluding diaryl/α,β-unsaturated/α-hetero) is 1. The average Bonchev–Trinajstić information content (AvgIpc) is 2.73. The number of imide groups is 1. The fraction of sp³-hybridized carbons (Fsp3) is 0.571. The molecule has 4 unspecified atom stereocenters. The minimum absolute atomic E-state index is 0.0798. The number of methoxy groups -OCH3 is 1. The monoisotopic (exact) mass is 403 g/mol. The third-order valence-electron chi connectivity index (χ3n) is 6.91. The highest BCUT2D eigenvalue weighted by Gasteiger charge is 2.67. The summed E-state index contributed by atoms with van der Waals surface area (Å²) in [5.41, 5.74) is 3.90. The maximum Gasteiger partial charge on any atom is 0.229 e. The Kier molecular flexibility index (Phi) is 5.80. The van der Waals surface area contributed by atoms with E-state index < -0.39 is 17.1 Å². The number of likely N-dealkylation sites (tertiary alicyclic amines) is 1. The third-order valence-corrected chi connectivity index (χ3v) is 6.91. The van der Waals surface area contributed by atoms with Crippen LogP contribution in [0.4, 0.5) is 0 Å². The first-order valence-electron chi connectivity index (χ1n) is 9.85. The molecule has 8 nitrogen and oxygen atoms in total. The first-order valence-corrected chi connectivity index (χ1v) is 9.85. The first-order chi connectivity index (χ1) is 13.9. The normalized spacial score (nSPS) is 32.8. The zero-order valence-electron chi connectivity index (χ0n) is 17.1. The Hall–Kier alpha value is -2.29. The van der Waals surface area contributed by atoms with E-state index in [-0.39, 0.29) is 17.6 Å². The lowest BCUT2D eigenvalue weighted by Gasteiger charge is -2.63. The van der Waals surface area contributed by atoms with Crippen LogP contribution in [0, 0.1) is 5.92 Å². The zero-order chi connectivity index (χ0) is 21.4. The van der Waals surface area contributed by atoms with Gasteiger partial charge in [0.1, 0.15) is 11.8 Å². The predicted octanol–water partition coefficient (Wildman–Crippen LogP) is 0.212. The number of likely N-dealkylation sites (N-methyl/N-ethyl adjacent to an activating group) is 1. The topological polar surface area (TPSA) is 122 Å². The maximum absolute atomic E-state index is 13.2. The molecule has 3 aliphatic rings. The van der Waals surface area contributed by atoms with Gasteiger partial charge in [0.05, 0.1) is 12.7 Å². The van der Waals surface area contributed by atoms with Gasteiger partial charge in [0.25, 0.3) is 0 Å². The lowest BCUT2D eigenvalue weighted by Crippen LogP contribution is -2.74. The summed E-state index contributed by atoms with van der Waals surface area (Å²) in [4.78, 5) is 38.3. The van der Waals surface area contributed by atoms with Gasteiger partial charge in [0.2, 0.25) is 12.3 Å². The molecule has 0 radical (unpaired) electrons. The molecule has 0 spiro atoms. The van der Waals surface area contributed by atoms with Gasteiger partial charge in [-0.2, -0.15) is 0 Å². The van der Waals surface area contributed by atoms with E-state index in [4.69, 9.17) is 4.74 Å². The molecular weight excluding hydrogens is 374 g/mol. The average molecular weight is 403 g/mol. The second-order valence-corrected chi connectivity index (χ2v) is 7.98. The summed E-state index contributed by atoms with van der Waals surface area (Å²) in [5.74, 6) is -0.163. The molecule has 1 aromatic rings. The van der Waals surface area contributed by atoms with Crippen LogP contribution in [0.3, 0.4) is 0 Å². The van der Waals surface area contributed by atoms with Gasteiger partial charge in [-0.25, -0.2) is 0 Å². The molecule has 4 N–H and O–H groups in total. The number of ketones is 1. The molecule has 8 heteroatoms. The van der Waals surface area contributed by atoms with Crippen LogP contribution in [0.2, 0.25) is 0 Å². The van der Waals surface area contributed by atoms with Crippen LogP contribution in [0.25, 0.3) is 0 Å². The van der Waals surface area contributed by atoms with E-state index in [9.17, 15) is 19.5 Å². The number of piperidine rings is 1. The Morgan fingerprint density at radius 2 is 2.10 bits per heavy atom. The van der Waals surface area contributed by atoms with E-state index in [0.717, 1.165) is 5.56 Å². The lowest BCUT2D eigenvalue weighted by atomic mass is 9.47. The number of rotatable bonds is 3. The van der Waals surface area contributed by atoms with Crippen molar-refractivity contribution in [3.8, 4) is 5.75 Å². The summed E-state index contributed by atoms with van der Waals surface area (Å²) in [6, 6.07) is 4.73. The van der Waals surface area contributed by atoms with Crippen LogP contribution in [0.1, 0.15) is 41.6 Å². The number of carbonyl (C=O) groups excluding carboxylic acids is 3. The third kappa shape index (κ3) is 2.97. The highest BCUT2D eigenvalue weighted by molar-refractivity contribution is 6.05. The van der Waals surface area contributed by atoms with E-state index in [2.05, 4.69) is 11.1 Å². The Morgan fingerprint density at radius 3 is 2.76 bits per heavy atom. The first kappa shape index (κ1) is 21.4. The van der Waals surface area contributed by atoms with Crippen molar-refractivity contribution in [2.45, 2.75) is 42.7 Å². The van der Waals surface area contributed by atoms with Gasteiger partial charge in [-0.15, -0.1) is 0 Å². The Labute approximate surface area is 170 Å².